The minimum Gasteiger partial charge on any atom is -0.463 e. The largest absolute Gasteiger partial charge is 0.463 e. The zero-order valence-electron chi connectivity index (χ0n) is 17.2. The highest BCUT2D eigenvalue weighted by Crippen LogP contribution is 2.28. The van der Waals surface area contributed by atoms with Gasteiger partial charge in [-0.25, -0.2) is 4.68 Å². The molecule has 0 saturated carbocycles. The van der Waals surface area contributed by atoms with Crippen molar-refractivity contribution in [2.24, 2.45) is 0 Å². The van der Waals surface area contributed by atoms with Gasteiger partial charge in [0.25, 0.3) is 5.56 Å². The molecule has 1 aliphatic rings. The van der Waals surface area contributed by atoms with E-state index >= 15 is 0 Å². The predicted molar refractivity (Wildman–Crippen MR) is 121 cm³/mol. The zero-order valence-corrected chi connectivity index (χ0v) is 18.7. The normalized spacial score (nSPS) is 14.7. The maximum Gasteiger partial charge on any atom is 0.267 e. The molecular weight excluding hydrogens is 439 g/mol. The Kier molecular flexibility index (Phi) is 5.81. The second kappa shape index (κ2) is 8.40. The van der Waals surface area contributed by atoms with Crippen LogP contribution in [0.2, 0.25) is 10.0 Å². The summed E-state index contributed by atoms with van der Waals surface area (Å²) in [5, 5.41) is 5.42. The number of carbonyl (C=O) groups excluding carboxylic acids is 1. The lowest BCUT2D eigenvalue weighted by Gasteiger charge is -2.39. The Bertz CT molecular complexity index is 1150. The number of hydrogen-bond acceptors (Lipinski definition) is 5. The summed E-state index contributed by atoms with van der Waals surface area (Å²) < 4.78 is 6.61. The first-order chi connectivity index (χ1) is 14.8. The van der Waals surface area contributed by atoms with Crippen LogP contribution in [0.4, 0.5) is 5.69 Å². The molecule has 0 spiro atoms. The Morgan fingerprint density at radius 2 is 1.77 bits per heavy atom. The van der Waals surface area contributed by atoms with Crippen LogP contribution in [-0.2, 0) is 10.3 Å². The highest BCUT2D eigenvalue weighted by atomic mass is 35.5. The van der Waals surface area contributed by atoms with Crippen molar-refractivity contribution in [3.63, 3.8) is 0 Å². The second-order valence-electron chi connectivity index (χ2n) is 7.88. The summed E-state index contributed by atoms with van der Waals surface area (Å²) in [6, 6.07) is 12.0. The number of aromatic nitrogens is 2. The fraction of sp³-hybridized carbons (Fsp3) is 0.318. The third-order valence-electron chi connectivity index (χ3n) is 5.46. The van der Waals surface area contributed by atoms with E-state index in [-0.39, 0.29) is 11.5 Å². The fourth-order valence-electron chi connectivity index (χ4n) is 3.69. The average molecular weight is 461 g/mol. The first-order valence-electron chi connectivity index (χ1n) is 9.91. The summed E-state index contributed by atoms with van der Waals surface area (Å²) in [6.07, 6.45) is 1.54. The van der Waals surface area contributed by atoms with Crippen molar-refractivity contribution in [1.29, 1.82) is 0 Å². The highest BCUT2D eigenvalue weighted by molar-refractivity contribution is 6.42. The van der Waals surface area contributed by atoms with Gasteiger partial charge in [0.15, 0.2) is 5.76 Å². The molecule has 1 saturated heterocycles. The number of benzene rings is 1. The predicted octanol–water partition coefficient (Wildman–Crippen LogP) is 3.89. The zero-order chi connectivity index (χ0) is 22.2. The highest BCUT2D eigenvalue weighted by Gasteiger charge is 2.37. The van der Waals surface area contributed by atoms with E-state index in [1.807, 2.05) is 12.1 Å². The van der Waals surface area contributed by atoms with Gasteiger partial charge in [-0.05, 0) is 50.2 Å². The van der Waals surface area contributed by atoms with Crippen molar-refractivity contribution < 1.29 is 9.21 Å². The molecule has 0 N–H and O–H groups in total. The van der Waals surface area contributed by atoms with Crippen LogP contribution in [-0.4, -0.2) is 46.8 Å². The van der Waals surface area contributed by atoms with Crippen molar-refractivity contribution in [3.8, 4) is 11.5 Å². The third-order valence-corrected chi connectivity index (χ3v) is 6.20. The van der Waals surface area contributed by atoms with Crippen LogP contribution >= 0.6 is 23.2 Å². The number of furan rings is 1. The summed E-state index contributed by atoms with van der Waals surface area (Å²) in [5.41, 5.74) is -0.0337. The molecule has 2 aromatic heterocycles. The van der Waals surface area contributed by atoms with Crippen molar-refractivity contribution >= 4 is 34.8 Å². The van der Waals surface area contributed by atoms with E-state index in [1.54, 1.807) is 43.0 Å². The van der Waals surface area contributed by atoms with Crippen LogP contribution in [0, 0.1) is 0 Å². The van der Waals surface area contributed by atoms with Crippen LogP contribution in [0.15, 0.2) is 57.9 Å². The van der Waals surface area contributed by atoms with Gasteiger partial charge in [-0.3, -0.25) is 9.59 Å². The molecule has 0 aliphatic carbocycles. The summed E-state index contributed by atoms with van der Waals surface area (Å²) >= 11 is 12.1. The van der Waals surface area contributed by atoms with Crippen molar-refractivity contribution in [2.75, 3.05) is 31.1 Å². The Morgan fingerprint density at radius 1 is 1.03 bits per heavy atom. The first kappa shape index (κ1) is 21.5. The molecule has 31 heavy (non-hydrogen) atoms. The number of hydrogen-bond donors (Lipinski definition) is 0. The number of halogens is 2. The van der Waals surface area contributed by atoms with Gasteiger partial charge in [-0.1, -0.05) is 23.2 Å². The van der Waals surface area contributed by atoms with E-state index in [4.69, 9.17) is 27.6 Å². The van der Waals surface area contributed by atoms with Gasteiger partial charge in [-0.15, -0.1) is 0 Å². The van der Waals surface area contributed by atoms with Crippen molar-refractivity contribution in [3.05, 3.63) is 69.1 Å². The molecule has 4 rings (SSSR count). The lowest BCUT2D eigenvalue weighted by Crippen LogP contribution is -2.56. The molecule has 0 bridgehead atoms. The van der Waals surface area contributed by atoms with Crippen LogP contribution in [0.25, 0.3) is 11.5 Å². The van der Waals surface area contributed by atoms with Crippen LogP contribution in [0.3, 0.4) is 0 Å². The Hall–Kier alpha value is -2.77. The summed E-state index contributed by atoms with van der Waals surface area (Å²) in [5.74, 6) is 0.375. The van der Waals surface area contributed by atoms with Crippen LogP contribution in [0.5, 0.6) is 0 Å². The van der Waals surface area contributed by atoms with E-state index in [0.717, 1.165) is 5.69 Å². The summed E-state index contributed by atoms with van der Waals surface area (Å²) in [4.78, 5) is 29.8. The van der Waals surface area contributed by atoms with Gasteiger partial charge in [0, 0.05) is 37.9 Å². The molecule has 3 aromatic rings. The molecule has 1 fully saturated rings. The molecule has 0 atom stereocenters. The number of rotatable bonds is 4. The lowest BCUT2D eigenvalue weighted by molar-refractivity contribution is -0.140. The number of piperazine rings is 1. The van der Waals surface area contributed by atoms with Crippen LogP contribution < -0.4 is 10.5 Å². The molecule has 0 unspecified atom stereocenters. The van der Waals surface area contributed by atoms with E-state index in [1.165, 1.54) is 17.0 Å². The molecule has 7 nitrogen and oxygen atoms in total. The van der Waals surface area contributed by atoms with Crippen LogP contribution in [0.1, 0.15) is 13.8 Å². The van der Waals surface area contributed by atoms with E-state index in [9.17, 15) is 9.59 Å². The number of nitrogens with zero attached hydrogens (tertiary/aromatic N) is 4. The minimum atomic E-state index is -1.15. The van der Waals surface area contributed by atoms with Gasteiger partial charge >= 0.3 is 0 Å². The number of anilines is 1. The van der Waals surface area contributed by atoms with Crippen molar-refractivity contribution in [1.82, 2.24) is 14.7 Å². The Balaban J connectivity index is 1.51. The smallest absolute Gasteiger partial charge is 0.267 e. The SMILES string of the molecule is CC(C)(C(=O)N1CCN(c2ccc(Cl)c(Cl)c2)CC1)n1nc(-c2ccco2)ccc1=O. The van der Waals surface area contributed by atoms with E-state index in [2.05, 4.69) is 10.00 Å². The Labute approximate surface area is 189 Å². The molecule has 3 heterocycles. The molecule has 1 aliphatic heterocycles. The van der Waals surface area contributed by atoms with Crippen molar-refractivity contribution in [2.45, 2.75) is 19.4 Å². The number of amides is 1. The first-order valence-corrected chi connectivity index (χ1v) is 10.7. The third kappa shape index (κ3) is 4.20. The quantitative estimate of drug-likeness (QED) is 0.590. The molecular formula is C22H22Cl2N4O3. The molecule has 0 radical (unpaired) electrons. The standard InChI is InChI=1S/C22H22Cl2N4O3/c1-22(2,28-20(29)8-7-18(25-28)19-4-3-13-31-19)21(30)27-11-9-26(10-12-27)15-5-6-16(23)17(24)14-15/h3-8,13-14H,9-12H2,1-2H3. The van der Waals surface area contributed by atoms with Gasteiger partial charge < -0.3 is 14.2 Å². The second-order valence-corrected chi connectivity index (χ2v) is 8.70. The molecule has 162 valence electrons. The minimum absolute atomic E-state index is 0.160. The monoisotopic (exact) mass is 460 g/mol. The molecule has 1 aromatic carbocycles. The Morgan fingerprint density at radius 3 is 2.42 bits per heavy atom. The summed E-state index contributed by atoms with van der Waals surface area (Å²) in [7, 11) is 0. The fourth-order valence-corrected chi connectivity index (χ4v) is 3.99. The van der Waals surface area contributed by atoms with Gasteiger partial charge in [0.05, 0.1) is 16.3 Å². The van der Waals surface area contributed by atoms with Gasteiger partial charge in [-0.2, -0.15) is 5.10 Å². The average Bonchev–Trinajstić information content (AvgIpc) is 3.30. The molecule has 1 amide bonds. The van der Waals surface area contributed by atoms with E-state index < -0.39 is 5.54 Å². The van der Waals surface area contributed by atoms with Gasteiger partial charge in [0.1, 0.15) is 11.2 Å². The topological polar surface area (TPSA) is 71.6 Å². The maximum atomic E-state index is 13.4. The maximum absolute atomic E-state index is 13.4. The summed E-state index contributed by atoms with van der Waals surface area (Å²) in [6.45, 7) is 5.76. The van der Waals surface area contributed by atoms with E-state index in [0.29, 0.717) is 47.7 Å². The lowest BCUT2D eigenvalue weighted by atomic mass is 10.0. The van der Waals surface area contributed by atoms with Gasteiger partial charge in [0.2, 0.25) is 5.91 Å². The number of carbonyl (C=O) groups is 1. The molecule has 9 heteroatoms.